The van der Waals surface area contributed by atoms with E-state index in [0.29, 0.717) is 17.9 Å². The van der Waals surface area contributed by atoms with Crippen molar-refractivity contribution >= 4 is 15.9 Å². The van der Waals surface area contributed by atoms with Crippen LogP contribution in [0.3, 0.4) is 0 Å². The fourth-order valence-electron chi connectivity index (χ4n) is 2.19. The zero-order chi connectivity index (χ0) is 17.7. The SMILES string of the molecule is CCOc1ccc(S(=O)(=O)NNC(=O)c2ccc(C)cc2C)cc1. The molecular weight excluding hydrogens is 328 g/mol. The molecule has 0 aliphatic carbocycles. The summed E-state index contributed by atoms with van der Waals surface area (Å²) in [6.45, 7) is 6.05. The van der Waals surface area contributed by atoms with Crippen molar-refractivity contribution in [2.45, 2.75) is 25.7 Å². The molecule has 0 aromatic heterocycles. The number of ether oxygens (including phenoxy) is 1. The zero-order valence-corrected chi connectivity index (χ0v) is 14.6. The van der Waals surface area contributed by atoms with Crippen molar-refractivity contribution in [2.75, 3.05) is 6.61 Å². The van der Waals surface area contributed by atoms with Gasteiger partial charge in [-0.1, -0.05) is 17.7 Å². The highest BCUT2D eigenvalue weighted by molar-refractivity contribution is 7.89. The van der Waals surface area contributed by atoms with Crippen molar-refractivity contribution in [3.63, 3.8) is 0 Å². The lowest BCUT2D eigenvalue weighted by atomic mass is 10.1. The smallest absolute Gasteiger partial charge is 0.266 e. The fourth-order valence-corrected chi connectivity index (χ4v) is 3.03. The number of carbonyl (C=O) groups is 1. The zero-order valence-electron chi connectivity index (χ0n) is 13.8. The first-order chi connectivity index (χ1) is 11.3. The average Bonchev–Trinajstić information content (AvgIpc) is 2.53. The first kappa shape index (κ1) is 18.0. The van der Waals surface area contributed by atoms with Crippen LogP contribution in [0.15, 0.2) is 47.4 Å². The molecule has 0 atom stereocenters. The van der Waals surface area contributed by atoms with E-state index < -0.39 is 15.9 Å². The predicted octanol–water partition coefficient (Wildman–Crippen LogP) is 2.33. The van der Waals surface area contributed by atoms with Gasteiger partial charge in [0.1, 0.15) is 5.75 Å². The molecule has 1 amide bonds. The van der Waals surface area contributed by atoms with Gasteiger partial charge in [-0.15, -0.1) is 4.83 Å². The molecule has 0 aliphatic rings. The minimum Gasteiger partial charge on any atom is -0.494 e. The number of benzene rings is 2. The van der Waals surface area contributed by atoms with Crippen LogP contribution in [0.2, 0.25) is 0 Å². The minimum atomic E-state index is -3.85. The van der Waals surface area contributed by atoms with Gasteiger partial charge in [-0.2, -0.15) is 0 Å². The number of aryl methyl sites for hydroxylation is 2. The second-order valence-corrected chi connectivity index (χ2v) is 6.96. The van der Waals surface area contributed by atoms with Crippen molar-refractivity contribution in [3.8, 4) is 5.75 Å². The van der Waals surface area contributed by atoms with E-state index in [0.717, 1.165) is 11.1 Å². The van der Waals surface area contributed by atoms with Gasteiger partial charge in [0.25, 0.3) is 15.9 Å². The number of sulfonamides is 1. The molecule has 0 saturated carbocycles. The molecule has 0 fully saturated rings. The maximum Gasteiger partial charge on any atom is 0.266 e. The highest BCUT2D eigenvalue weighted by atomic mass is 32.2. The third-order valence-corrected chi connectivity index (χ3v) is 4.63. The van der Waals surface area contributed by atoms with Gasteiger partial charge in [0, 0.05) is 5.56 Å². The monoisotopic (exact) mass is 348 g/mol. The van der Waals surface area contributed by atoms with E-state index in [-0.39, 0.29) is 4.90 Å². The van der Waals surface area contributed by atoms with Crippen molar-refractivity contribution in [3.05, 3.63) is 59.2 Å². The fraction of sp³-hybridized carbons (Fsp3) is 0.235. The molecule has 2 aromatic rings. The lowest BCUT2D eigenvalue weighted by Gasteiger charge is -2.11. The van der Waals surface area contributed by atoms with Crippen LogP contribution in [-0.2, 0) is 10.0 Å². The van der Waals surface area contributed by atoms with Crippen LogP contribution in [-0.4, -0.2) is 20.9 Å². The van der Waals surface area contributed by atoms with E-state index in [1.54, 1.807) is 31.2 Å². The molecule has 0 saturated heterocycles. The molecule has 2 rings (SSSR count). The Labute approximate surface area is 141 Å². The van der Waals surface area contributed by atoms with Crippen LogP contribution >= 0.6 is 0 Å². The summed E-state index contributed by atoms with van der Waals surface area (Å²) in [4.78, 5) is 14.3. The molecule has 24 heavy (non-hydrogen) atoms. The van der Waals surface area contributed by atoms with E-state index >= 15 is 0 Å². The Kier molecular flexibility index (Phi) is 5.58. The number of hydrogen-bond donors (Lipinski definition) is 2. The molecule has 0 aliphatic heterocycles. The molecule has 0 spiro atoms. The third-order valence-electron chi connectivity index (χ3n) is 3.37. The Morgan fingerprint density at radius 2 is 1.75 bits per heavy atom. The Hall–Kier alpha value is -2.38. The van der Waals surface area contributed by atoms with Gasteiger partial charge >= 0.3 is 0 Å². The summed E-state index contributed by atoms with van der Waals surface area (Å²) >= 11 is 0. The van der Waals surface area contributed by atoms with Crippen molar-refractivity contribution < 1.29 is 17.9 Å². The summed E-state index contributed by atoms with van der Waals surface area (Å²) in [7, 11) is -3.85. The van der Waals surface area contributed by atoms with Crippen LogP contribution in [0.5, 0.6) is 5.75 Å². The van der Waals surface area contributed by atoms with Crippen LogP contribution in [0.1, 0.15) is 28.4 Å². The molecule has 2 aromatic carbocycles. The van der Waals surface area contributed by atoms with Crippen LogP contribution in [0.25, 0.3) is 0 Å². The highest BCUT2D eigenvalue weighted by Gasteiger charge is 2.16. The van der Waals surface area contributed by atoms with Gasteiger partial charge in [0.2, 0.25) is 0 Å². The first-order valence-corrected chi connectivity index (χ1v) is 8.94. The van der Waals surface area contributed by atoms with Gasteiger partial charge in [-0.3, -0.25) is 10.2 Å². The lowest BCUT2D eigenvalue weighted by molar-refractivity contribution is 0.0944. The maximum atomic E-state index is 12.2. The van der Waals surface area contributed by atoms with Gasteiger partial charge in [-0.25, -0.2) is 8.42 Å². The number of carbonyl (C=O) groups excluding carboxylic acids is 1. The Balaban J connectivity index is 2.07. The summed E-state index contributed by atoms with van der Waals surface area (Å²) in [5, 5.41) is 0. The van der Waals surface area contributed by atoms with Crippen LogP contribution in [0.4, 0.5) is 0 Å². The van der Waals surface area contributed by atoms with Gasteiger partial charge in [0.05, 0.1) is 11.5 Å². The number of rotatable bonds is 6. The van der Waals surface area contributed by atoms with Gasteiger partial charge in [-0.05, 0) is 56.7 Å². The summed E-state index contributed by atoms with van der Waals surface area (Å²) in [6.07, 6.45) is 0. The molecule has 0 radical (unpaired) electrons. The average molecular weight is 348 g/mol. The van der Waals surface area contributed by atoms with E-state index in [1.807, 2.05) is 19.9 Å². The molecular formula is C17H20N2O4S. The molecule has 0 heterocycles. The molecule has 0 bridgehead atoms. The van der Waals surface area contributed by atoms with E-state index in [1.165, 1.54) is 12.1 Å². The van der Waals surface area contributed by atoms with E-state index in [2.05, 4.69) is 10.3 Å². The van der Waals surface area contributed by atoms with Crippen molar-refractivity contribution in [1.82, 2.24) is 10.3 Å². The van der Waals surface area contributed by atoms with E-state index in [9.17, 15) is 13.2 Å². The normalized spacial score (nSPS) is 11.1. The second kappa shape index (κ2) is 7.46. The number of nitrogens with one attached hydrogen (secondary N) is 2. The summed E-state index contributed by atoms with van der Waals surface area (Å²) in [6, 6.07) is 11.3. The molecule has 2 N–H and O–H groups in total. The van der Waals surface area contributed by atoms with Crippen LogP contribution in [0, 0.1) is 13.8 Å². The minimum absolute atomic E-state index is 0.0341. The van der Waals surface area contributed by atoms with E-state index in [4.69, 9.17) is 4.74 Å². The van der Waals surface area contributed by atoms with Crippen molar-refractivity contribution in [1.29, 1.82) is 0 Å². The Bertz CT molecular complexity index is 830. The standard InChI is InChI=1S/C17H20N2O4S/c1-4-23-14-6-8-15(9-7-14)24(21,22)19-18-17(20)16-10-5-12(2)11-13(16)3/h5-11,19H,4H2,1-3H3,(H,18,20). The largest absolute Gasteiger partial charge is 0.494 e. The second-order valence-electron chi connectivity index (χ2n) is 5.28. The highest BCUT2D eigenvalue weighted by Crippen LogP contribution is 2.15. The number of hydrazine groups is 1. The van der Waals surface area contributed by atoms with Gasteiger partial charge < -0.3 is 4.74 Å². The van der Waals surface area contributed by atoms with Crippen LogP contribution < -0.4 is 15.0 Å². The maximum absolute atomic E-state index is 12.2. The lowest BCUT2D eigenvalue weighted by Crippen LogP contribution is -2.41. The number of amides is 1. The molecule has 0 unspecified atom stereocenters. The quantitative estimate of drug-likeness (QED) is 0.785. The molecule has 7 heteroatoms. The Morgan fingerprint density at radius 3 is 2.33 bits per heavy atom. The molecule has 6 nitrogen and oxygen atoms in total. The first-order valence-electron chi connectivity index (χ1n) is 7.46. The van der Waals surface area contributed by atoms with Gasteiger partial charge in [0.15, 0.2) is 0 Å². The Morgan fingerprint density at radius 1 is 1.08 bits per heavy atom. The third kappa shape index (κ3) is 4.33. The summed E-state index contributed by atoms with van der Waals surface area (Å²) in [5.74, 6) is 0.0674. The topological polar surface area (TPSA) is 84.5 Å². The summed E-state index contributed by atoms with van der Waals surface area (Å²) < 4.78 is 29.7. The summed E-state index contributed by atoms with van der Waals surface area (Å²) in [5.41, 5.74) is 4.44. The predicted molar refractivity (Wildman–Crippen MR) is 91.3 cm³/mol. The molecule has 128 valence electrons. The van der Waals surface area contributed by atoms with Crippen molar-refractivity contribution in [2.24, 2.45) is 0 Å². The number of hydrogen-bond acceptors (Lipinski definition) is 4.